The Balaban J connectivity index is 2.22. The lowest BCUT2D eigenvalue weighted by Gasteiger charge is -2.19. The third-order valence-electron chi connectivity index (χ3n) is 2.94. The van der Waals surface area contributed by atoms with Crippen molar-refractivity contribution in [3.05, 3.63) is 63.1 Å². The maximum absolute atomic E-state index is 6.01. The molecular formula is C15H16BrClN2. The number of hydrogen-bond acceptors (Lipinski definition) is 2. The minimum atomic E-state index is 0.0652. The van der Waals surface area contributed by atoms with Gasteiger partial charge in [0.15, 0.2) is 0 Å². The third kappa shape index (κ3) is 3.72. The van der Waals surface area contributed by atoms with Crippen molar-refractivity contribution in [2.75, 3.05) is 11.9 Å². The average molecular weight is 340 g/mol. The van der Waals surface area contributed by atoms with E-state index in [-0.39, 0.29) is 6.04 Å². The molecule has 0 aliphatic heterocycles. The lowest BCUT2D eigenvalue weighted by molar-refractivity contribution is 0.789. The van der Waals surface area contributed by atoms with Gasteiger partial charge in [0.1, 0.15) is 0 Å². The van der Waals surface area contributed by atoms with Crippen LogP contribution in [0.25, 0.3) is 0 Å². The SMILES string of the molecule is Cc1cccc(NC(CN)c2ccc(Cl)c(Br)c2)c1. The highest BCUT2D eigenvalue weighted by molar-refractivity contribution is 9.10. The van der Waals surface area contributed by atoms with Crippen molar-refractivity contribution in [2.24, 2.45) is 5.73 Å². The predicted octanol–water partition coefficient (Wildman–Crippen LogP) is 4.52. The Kier molecular flexibility index (Phi) is 4.86. The normalized spacial score (nSPS) is 12.2. The summed E-state index contributed by atoms with van der Waals surface area (Å²) in [4.78, 5) is 0. The number of nitrogens with one attached hydrogen (secondary N) is 1. The van der Waals surface area contributed by atoms with Gasteiger partial charge in [-0.1, -0.05) is 29.8 Å². The van der Waals surface area contributed by atoms with Crippen LogP contribution in [-0.2, 0) is 0 Å². The van der Waals surface area contributed by atoms with Gasteiger partial charge in [-0.05, 0) is 58.2 Å². The summed E-state index contributed by atoms with van der Waals surface area (Å²) < 4.78 is 0.885. The Morgan fingerprint density at radius 3 is 2.68 bits per heavy atom. The van der Waals surface area contributed by atoms with E-state index in [0.29, 0.717) is 11.6 Å². The number of nitrogens with two attached hydrogens (primary N) is 1. The Morgan fingerprint density at radius 1 is 1.26 bits per heavy atom. The average Bonchev–Trinajstić information content (AvgIpc) is 2.39. The van der Waals surface area contributed by atoms with Gasteiger partial charge in [0.05, 0.1) is 11.1 Å². The zero-order chi connectivity index (χ0) is 13.8. The van der Waals surface area contributed by atoms with E-state index in [4.69, 9.17) is 17.3 Å². The fourth-order valence-electron chi connectivity index (χ4n) is 1.94. The van der Waals surface area contributed by atoms with Gasteiger partial charge in [-0.15, -0.1) is 0 Å². The van der Waals surface area contributed by atoms with Crippen molar-refractivity contribution in [1.29, 1.82) is 0 Å². The molecule has 1 unspecified atom stereocenters. The Hall–Kier alpha value is -1.03. The smallest absolute Gasteiger partial charge is 0.0636 e. The monoisotopic (exact) mass is 338 g/mol. The molecule has 0 amide bonds. The van der Waals surface area contributed by atoms with Crippen molar-refractivity contribution in [2.45, 2.75) is 13.0 Å². The fraction of sp³-hybridized carbons (Fsp3) is 0.200. The van der Waals surface area contributed by atoms with Crippen LogP contribution in [0.5, 0.6) is 0 Å². The molecule has 0 radical (unpaired) electrons. The first-order valence-electron chi connectivity index (χ1n) is 6.08. The van der Waals surface area contributed by atoms with Crippen LogP contribution in [0.3, 0.4) is 0 Å². The van der Waals surface area contributed by atoms with E-state index in [0.717, 1.165) is 15.7 Å². The van der Waals surface area contributed by atoms with E-state index >= 15 is 0 Å². The van der Waals surface area contributed by atoms with E-state index in [1.807, 2.05) is 30.3 Å². The molecule has 0 aliphatic rings. The van der Waals surface area contributed by atoms with Gasteiger partial charge in [-0.3, -0.25) is 0 Å². The van der Waals surface area contributed by atoms with Crippen molar-refractivity contribution in [1.82, 2.24) is 0 Å². The van der Waals surface area contributed by atoms with Gasteiger partial charge in [-0.2, -0.15) is 0 Å². The fourth-order valence-corrected chi connectivity index (χ4v) is 2.46. The van der Waals surface area contributed by atoms with Gasteiger partial charge in [-0.25, -0.2) is 0 Å². The van der Waals surface area contributed by atoms with Gasteiger partial charge < -0.3 is 11.1 Å². The Morgan fingerprint density at radius 2 is 2.05 bits per heavy atom. The van der Waals surface area contributed by atoms with Crippen molar-refractivity contribution in [3.8, 4) is 0 Å². The largest absolute Gasteiger partial charge is 0.377 e. The lowest BCUT2D eigenvalue weighted by atomic mass is 10.1. The second-order valence-corrected chi connectivity index (χ2v) is 5.74. The quantitative estimate of drug-likeness (QED) is 0.859. The molecule has 0 aliphatic carbocycles. The van der Waals surface area contributed by atoms with E-state index < -0.39 is 0 Å². The summed E-state index contributed by atoms with van der Waals surface area (Å²) in [5.74, 6) is 0. The molecule has 0 heterocycles. The van der Waals surface area contributed by atoms with E-state index in [9.17, 15) is 0 Å². The Labute approximate surface area is 127 Å². The first kappa shape index (κ1) is 14.4. The van der Waals surface area contributed by atoms with Crippen LogP contribution in [0, 0.1) is 6.92 Å². The topological polar surface area (TPSA) is 38.0 Å². The number of aryl methyl sites for hydroxylation is 1. The first-order valence-corrected chi connectivity index (χ1v) is 7.25. The number of halogens is 2. The van der Waals surface area contributed by atoms with Crippen LogP contribution < -0.4 is 11.1 Å². The number of rotatable bonds is 4. The van der Waals surface area contributed by atoms with Gasteiger partial charge in [0, 0.05) is 16.7 Å². The molecule has 0 spiro atoms. The number of benzene rings is 2. The van der Waals surface area contributed by atoms with Crippen LogP contribution in [0.15, 0.2) is 46.9 Å². The summed E-state index contributed by atoms with van der Waals surface area (Å²) in [6, 6.07) is 14.2. The number of anilines is 1. The summed E-state index contributed by atoms with van der Waals surface area (Å²) in [5, 5.41) is 4.15. The predicted molar refractivity (Wildman–Crippen MR) is 85.7 cm³/mol. The van der Waals surface area contributed by atoms with E-state index in [1.54, 1.807) is 0 Å². The maximum atomic E-state index is 6.01. The molecule has 0 aromatic heterocycles. The van der Waals surface area contributed by atoms with Crippen LogP contribution >= 0.6 is 27.5 Å². The molecule has 0 fully saturated rings. The maximum Gasteiger partial charge on any atom is 0.0636 e. The molecule has 19 heavy (non-hydrogen) atoms. The van der Waals surface area contributed by atoms with E-state index in [1.165, 1.54) is 5.56 Å². The summed E-state index contributed by atoms with van der Waals surface area (Å²) in [5.41, 5.74) is 9.27. The second kappa shape index (κ2) is 6.42. The van der Waals surface area contributed by atoms with Gasteiger partial charge in [0.25, 0.3) is 0 Å². The van der Waals surface area contributed by atoms with Gasteiger partial charge in [0.2, 0.25) is 0 Å². The molecule has 0 saturated heterocycles. The van der Waals surface area contributed by atoms with Crippen LogP contribution in [0.2, 0.25) is 5.02 Å². The number of hydrogen-bond donors (Lipinski definition) is 2. The summed E-state index contributed by atoms with van der Waals surface area (Å²) in [6.45, 7) is 2.59. The molecule has 2 aromatic rings. The van der Waals surface area contributed by atoms with Crippen LogP contribution in [0.1, 0.15) is 17.2 Å². The minimum absolute atomic E-state index is 0.0652. The molecule has 0 saturated carbocycles. The van der Waals surface area contributed by atoms with Crippen molar-refractivity contribution >= 4 is 33.2 Å². The standard InChI is InChI=1S/C15H16BrClN2/c1-10-3-2-4-12(7-10)19-15(9-18)11-5-6-14(17)13(16)8-11/h2-8,15,19H,9,18H2,1H3. The highest BCUT2D eigenvalue weighted by Gasteiger charge is 2.11. The van der Waals surface area contributed by atoms with Crippen LogP contribution in [0.4, 0.5) is 5.69 Å². The molecule has 0 bridgehead atoms. The lowest BCUT2D eigenvalue weighted by Crippen LogP contribution is -2.20. The van der Waals surface area contributed by atoms with Gasteiger partial charge >= 0.3 is 0 Å². The third-order valence-corrected chi connectivity index (χ3v) is 4.15. The molecule has 100 valence electrons. The second-order valence-electron chi connectivity index (χ2n) is 4.48. The van der Waals surface area contributed by atoms with E-state index in [2.05, 4.69) is 40.3 Å². The highest BCUT2D eigenvalue weighted by atomic mass is 79.9. The summed E-state index contributed by atoms with van der Waals surface area (Å²) in [6.07, 6.45) is 0. The van der Waals surface area contributed by atoms with Crippen molar-refractivity contribution in [3.63, 3.8) is 0 Å². The molecule has 2 rings (SSSR count). The first-order chi connectivity index (χ1) is 9.10. The molecule has 2 aromatic carbocycles. The molecular weight excluding hydrogens is 324 g/mol. The Bertz CT molecular complexity index is 572. The zero-order valence-electron chi connectivity index (χ0n) is 10.7. The molecule has 3 N–H and O–H groups in total. The molecule has 2 nitrogen and oxygen atoms in total. The van der Waals surface area contributed by atoms with Crippen LogP contribution in [-0.4, -0.2) is 6.54 Å². The molecule has 1 atom stereocenters. The highest BCUT2D eigenvalue weighted by Crippen LogP contribution is 2.27. The zero-order valence-corrected chi connectivity index (χ0v) is 13.0. The summed E-state index contributed by atoms with van der Waals surface area (Å²) in [7, 11) is 0. The van der Waals surface area contributed by atoms with Crippen molar-refractivity contribution < 1.29 is 0 Å². The minimum Gasteiger partial charge on any atom is -0.377 e. The summed E-state index contributed by atoms with van der Waals surface area (Å²) >= 11 is 9.45. The molecule has 4 heteroatoms.